The van der Waals surface area contributed by atoms with Crippen LogP contribution in [0.25, 0.3) is 0 Å². The molecule has 0 atom stereocenters. The van der Waals surface area contributed by atoms with Gasteiger partial charge in [0, 0.05) is 31.5 Å². The molecule has 1 aromatic carbocycles. The van der Waals surface area contributed by atoms with Crippen molar-refractivity contribution in [1.82, 2.24) is 0 Å². The summed E-state index contributed by atoms with van der Waals surface area (Å²) in [5.74, 6) is 1.51. The first kappa shape index (κ1) is 13.4. The predicted octanol–water partition coefficient (Wildman–Crippen LogP) is 2.12. The molecule has 1 amide bonds. The lowest BCUT2D eigenvalue weighted by Crippen LogP contribution is -2.37. The average molecular weight is 265 g/mol. The fourth-order valence-electron chi connectivity index (χ4n) is 2.21. The van der Waals surface area contributed by atoms with Gasteiger partial charge in [-0.1, -0.05) is 28.9 Å². The standard InChI is InChI=1S/C14H19NO2S/c1-11-3-5-13(6-4-11)15(2)14(16)12-7-9-18(17)10-8-12/h3-6,12H,7-10H2,1-2H3. The Labute approximate surface area is 111 Å². The molecule has 0 aromatic heterocycles. The SMILES string of the molecule is Cc1ccc(N(C)C(=O)C2CC[S+]([O-])CC2)cc1. The summed E-state index contributed by atoms with van der Waals surface area (Å²) in [7, 11) is 1.82. The zero-order chi connectivity index (χ0) is 13.1. The molecule has 3 nitrogen and oxygen atoms in total. The molecule has 0 saturated carbocycles. The van der Waals surface area contributed by atoms with Gasteiger partial charge in [-0.15, -0.1) is 0 Å². The summed E-state index contributed by atoms with van der Waals surface area (Å²) >= 11 is -0.709. The van der Waals surface area contributed by atoms with Gasteiger partial charge in [0.2, 0.25) is 5.91 Å². The summed E-state index contributed by atoms with van der Waals surface area (Å²) < 4.78 is 11.3. The summed E-state index contributed by atoms with van der Waals surface area (Å²) in [4.78, 5) is 14.0. The van der Waals surface area contributed by atoms with E-state index in [-0.39, 0.29) is 11.8 Å². The number of amides is 1. The maximum Gasteiger partial charge on any atom is 0.230 e. The highest BCUT2D eigenvalue weighted by Gasteiger charge is 2.29. The molecular weight excluding hydrogens is 246 g/mol. The van der Waals surface area contributed by atoms with Gasteiger partial charge in [0.1, 0.15) is 11.5 Å². The normalized spacial score (nSPS) is 23.7. The molecule has 1 aliphatic rings. The minimum absolute atomic E-state index is 0.0361. The molecule has 0 aliphatic carbocycles. The molecule has 1 fully saturated rings. The number of anilines is 1. The molecule has 0 N–H and O–H groups in total. The van der Waals surface area contributed by atoms with E-state index in [0.717, 1.165) is 18.5 Å². The van der Waals surface area contributed by atoms with Gasteiger partial charge in [-0.25, -0.2) is 0 Å². The van der Waals surface area contributed by atoms with Crippen molar-refractivity contribution in [3.63, 3.8) is 0 Å². The van der Waals surface area contributed by atoms with Crippen LogP contribution in [0.4, 0.5) is 5.69 Å². The lowest BCUT2D eigenvalue weighted by Gasteiger charge is -2.27. The minimum Gasteiger partial charge on any atom is -0.616 e. The van der Waals surface area contributed by atoms with Gasteiger partial charge >= 0.3 is 0 Å². The molecule has 1 aliphatic heterocycles. The number of aryl methyl sites for hydroxylation is 1. The van der Waals surface area contributed by atoms with E-state index < -0.39 is 11.2 Å². The van der Waals surface area contributed by atoms with Crippen molar-refractivity contribution in [3.05, 3.63) is 29.8 Å². The molecule has 18 heavy (non-hydrogen) atoms. The monoisotopic (exact) mass is 265 g/mol. The van der Waals surface area contributed by atoms with Crippen molar-refractivity contribution in [2.45, 2.75) is 19.8 Å². The second-order valence-corrected chi connectivity index (χ2v) is 6.55. The van der Waals surface area contributed by atoms with Gasteiger partial charge in [0.15, 0.2) is 0 Å². The summed E-state index contributed by atoms with van der Waals surface area (Å²) in [6.45, 7) is 2.03. The van der Waals surface area contributed by atoms with Crippen LogP contribution in [0.3, 0.4) is 0 Å². The average Bonchev–Trinajstić information content (AvgIpc) is 2.39. The van der Waals surface area contributed by atoms with E-state index >= 15 is 0 Å². The van der Waals surface area contributed by atoms with E-state index in [1.165, 1.54) is 5.56 Å². The van der Waals surface area contributed by atoms with Gasteiger partial charge in [-0.2, -0.15) is 0 Å². The van der Waals surface area contributed by atoms with Crippen LogP contribution in [0.2, 0.25) is 0 Å². The Morgan fingerprint density at radius 1 is 1.28 bits per heavy atom. The van der Waals surface area contributed by atoms with Crippen LogP contribution in [-0.2, 0) is 16.0 Å². The quantitative estimate of drug-likeness (QED) is 0.769. The minimum atomic E-state index is -0.709. The molecule has 0 spiro atoms. The Bertz CT molecular complexity index is 410. The molecule has 1 aromatic rings. The molecule has 4 heteroatoms. The Morgan fingerprint density at radius 3 is 2.39 bits per heavy atom. The van der Waals surface area contributed by atoms with Crippen molar-refractivity contribution in [2.75, 3.05) is 23.5 Å². The van der Waals surface area contributed by atoms with Crippen LogP contribution in [-0.4, -0.2) is 29.0 Å². The largest absolute Gasteiger partial charge is 0.616 e. The van der Waals surface area contributed by atoms with Crippen LogP contribution < -0.4 is 4.90 Å². The summed E-state index contributed by atoms with van der Waals surface area (Å²) in [6, 6.07) is 7.95. The number of carbonyl (C=O) groups is 1. The molecule has 0 unspecified atom stereocenters. The Morgan fingerprint density at radius 2 is 1.83 bits per heavy atom. The lowest BCUT2D eigenvalue weighted by atomic mass is 10.0. The molecule has 0 radical (unpaired) electrons. The molecule has 1 saturated heterocycles. The molecular formula is C14H19NO2S. The van der Waals surface area contributed by atoms with E-state index in [2.05, 4.69) is 0 Å². The Kier molecular flexibility index (Phi) is 4.30. The van der Waals surface area contributed by atoms with Gasteiger partial charge in [-0.05, 0) is 19.1 Å². The Balaban J connectivity index is 2.02. The maximum absolute atomic E-state index is 12.3. The van der Waals surface area contributed by atoms with Crippen LogP contribution in [0.5, 0.6) is 0 Å². The topological polar surface area (TPSA) is 43.4 Å². The van der Waals surface area contributed by atoms with Gasteiger partial charge in [0.05, 0.1) is 0 Å². The predicted molar refractivity (Wildman–Crippen MR) is 75.2 cm³/mol. The number of hydrogen-bond acceptors (Lipinski definition) is 2. The summed E-state index contributed by atoms with van der Waals surface area (Å²) in [5, 5.41) is 0. The van der Waals surface area contributed by atoms with Crippen LogP contribution in [0, 0.1) is 12.8 Å². The molecule has 98 valence electrons. The third kappa shape index (κ3) is 3.06. The van der Waals surface area contributed by atoms with E-state index in [1.807, 2.05) is 38.2 Å². The summed E-state index contributed by atoms with van der Waals surface area (Å²) in [6.07, 6.45) is 1.50. The second-order valence-electron chi connectivity index (χ2n) is 4.86. The zero-order valence-electron chi connectivity index (χ0n) is 10.9. The fourth-order valence-corrected chi connectivity index (χ4v) is 3.51. The van der Waals surface area contributed by atoms with Gasteiger partial charge in [-0.3, -0.25) is 4.79 Å². The lowest BCUT2D eigenvalue weighted by molar-refractivity contribution is -0.122. The number of benzene rings is 1. The fraction of sp³-hybridized carbons (Fsp3) is 0.500. The first-order valence-corrected chi connectivity index (χ1v) is 7.76. The van der Waals surface area contributed by atoms with E-state index in [0.29, 0.717) is 11.5 Å². The highest BCUT2D eigenvalue weighted by molar-refractivity contribution is 7.91. The molecule has 2 rings (SSSR count). The third-order valence-electron chi connectivity index (χ3n) is 3.49. The van der Waals surface area contributed by atoms with Crippen LogP contribution >= 0.6 is 0 Å². The van der Waals surface area contributed by atoms with E-state index in [9.17, 15) is 9.35 Å². The zero-order valence-corrected chi connectivity index (χ0v) is 11.7. The highest BCUT2D eigenvalue weighted by Crippen LogP contribution is 2.23. The van der Waals surface area contributed by atoms with Crippen molar-refractivity contribution in [3.8, 4) is 0 Å². The molecule has 0 bridgehead atoms. The number of rotatable bonds is 2. The maximum atomic E-state index is 12.3. The van der Waals surface area contributed by atoms with Crippen molar-refractivity contribution >= 4 is 22.8 Å². The van der Waals surface area contributed by atoms with E-state index in [4.69, 9.17) is 0 Å². The third-order valence-corrected chi connectivity index (χ3v) is 4.87. The summed E-state index contributed by atoms with van der Waals surface area (Å²) in [5.41, 5.74) is 2.12. The van der Waals surface area contributed by atoms with Crippen LogP contribution in [0.1, 0.15) is 18.4 Å². The van der Waals surface area contributed by atoms with Crippen molar-refractivity contribution < 1.29 is 9.35 Å². The van der Waals surface area contributed by atoms with Gasteiger partial charge < -0.3 is 9.45 Å². The van der Waals surface area contributed by atoms with Crippen LogP contribution in [0.15, 0.2) is 24.3 Å². The number of carbonyl (C=O) groups excluding carboxylic acids is 1. The van der Waals surface area contributed by atoms with E-state index in [1.54, 1.807) is 4.90 Å². The highest BCUT2D eigenvalue weighted by atomic mass is 32.2. The molecule has 1 heterocycles. The van der Waals surface area contributed by atoms with Gasteiger partial charge in [0.25, 0.3) is 0 Å². The number of nitrogens with zero attached hydrogens (tertiary/aromatic N) is 1. The first-order valence-electron chi connectivity index (χ1n) is 6.27. The van der Waals surface area contributed by atoms with Crippen molar-refractivity contribution in [2.24, 2.45) is 5.92 Å². The Hall–Kier alpha value is -1.00. The smallest absolute Gasteiger partial charge is 0.230 e. The number of hydrogen-bond donors (Lipinski definition) is 0. The second kappa shape index (κ2) is 5.76. The first-order chi connectivity index (χ1) is 8.58. The van der Waals surface area contributed by atoms with Crippen molar-refractivity contribution in [1.29, 1.82) is 0 Å².